The summed E-state index contributed by atoms with van der Waals surface area (Å²) in [5.74, 6) is 2.66. The van der Waals surface area contributed by atoms with Gasteiger partial charge in [0.05, 0.1) is 43.0 Å². The molecule has 3 aromatic heterocycles. The molecule has 4 aliphatic rings. The van der Waals surface area contributed by atoms with E-state index in [1.807, 2.05) is 67.8 Å². The number of alkyl carbamates (subject to hydrolysis) is 1. The van der Waals surface area contributed by atoms with Crippen LogP contribution in [0, 0.1) is 23.7 Å². The molecule has 62 heavy (non-hydrogen) atoms. The van der Waals surface area contributed by atoms with Crippen molar-refractivity contribution in [2.75, 3.05) is 27.3 Å². The molecule has 2 aromatic carbocycles. The Morgan fingerprint density at radius 3 is 1.84 bits per heavy atom. The average molecular weight is 843 g/mol. The third-order valence-electron chi connectivity index (χ3n) is 14.2. The molecule has 15 heteroatoms. The zero-order chi connectivity index (χ0) is 43.7. The highest BCUT2D eigenvalue weighted by Crippen LogP contribution is 2.54. The van der Waals surface area contributed by atoms with Crippen molar-refractivity contribution in [2.45, 2.75) is 89.4 Å². The maximum atomic E-state index is 14.1. The third kappa shape index (κ3) is 6.71. The average Bonchev–Trinajstić information content (AvgIpc) is 4.14. The second-order valence-electron chi connectivity index (χ2n) is 18.6. The largest absolute Gasteiger partial charge is 0.483 e. The van der Waals surface area contributed by atoms with Gasteiger partial charge in [-0.25, -0.2) is 19.7 Å². The number of amides is 3. The Bertz CT molecular complexity index is 2540. The fourth-order valence-electron chi connectivity index (χ4n) is 10.9. The van der Waals surface area contributed by atoms with Crippen LogP contribution in [-0.2, 0) is 37.2 Å². The first kappa shape index (κ1) is 41.2. The number of fused-ring (bicyclic) bond motifs is 5. The number of carbonyl (C=O) groups is 3. The van der Waals surface area contributed by atoms with Crippen molar-refractivity contribution in [3.63, 3.8) is 0 Å². The van der Waals surface area contributed by atoms with Crippen LogP contribution < -0.4 is 10.6 Å². The van der Waals surface area contributed by atoms with Gasteiger partial charge < -0.3 is 44.4 Å². The van der Waals surface area contributed by atoms with Gasteiger partial charge in [-0.2, -0.15) is 0 Å². The molecule has 3 amide bonds. The van der Waals surface area contributed by atoms with Gasteiger partial charge in [0.15, 0.2) is 5.88 Å². The number of rotatable bonds is 13. The van der Waals surface area contributed by atoms with Crippen LogP contribution in [0.5, 0.6) is 0 Å². The van der Waals surface area contributed by atoms with Crippen LogP contribution in [0.15, 0.2) is 67.6 Å². The van der Waals surface area contributed by atoms with Crippen molar-refractivity contribution >= 4 is 28.9 Å². The van der Waals surface area contributed by atoms with E-state index in [-0.39, 0.29) is 23.7 Å². The third-order valence-corrected chi connectivity index (χ3v) is 14.2. The Balaban J connectivity index is 0.967. The SMILES string of the molecule is C=C(N[C@H](C(=O)N1C[C@@H]2CC[C@@]1(c1nc(-c3ccc(-c4ccc(-c5c[nH]c([C@@]67CC[C@@H](CN6C(=O)[C@@H](NC(=O)OC)C(C)C)C7)n5)c5c4ncn5C)cc3)c[nH]1)C2)C(C)C)OC. The normalized spacial score (nSPS) is 23.7. The number of likely N-dealkylation sites (tertiary alicyclic amines) is 2. The number of imidazole rings is 3. The number of hydrogen-bond acceptors (Lipinski definition) is 9. The number of nitrogens with zero attached hydrogens (tertiary/aromatic N) is 6. The van der Waals surface area contributed by atoms with Crippen molar-refractivity contribution in [3.8, 4) is 33.6 Å². The minimum Gasteiger partial charge on any atom is -0.483 e. The Hall–Kier alpha value is -6.12. The summed E-state index contributed by atoms with van der Waals surface area (Å²) in [7, 11) is 4.86. The predicted octanol–water partition coefficient (Wildman–Crippen LogP) is 6.81. The summed E-state index contributed by atoms with van der Waals surface area (Å²) in [6.07, 6.45) is 10.6. The Morgan fingerprint density at radius 1 is 0.758 bits per heavy atom. The van der Waals surface area contributed by atoms with E-state index in [0.29, 0.717) is 30.8 Å². The number of aromatic nitrogens is 6. The molecule has 5 aromatic rings. The summed E-state index contributed by atoms with van der Waals surface area (Å²) in [6.45, 7) is 13.2. The molecule has 2 aliphatic heterocycles. The van der Waals surface area contributed by atoms with Gasteiger partial charge in [-0.05, 0) is 80.4 Å². The molecule has 2 saturated carbocycles. The summed E-state index contributed by atoms with van der Waals surface area (Å²) < 4.78 is 12.2. The topological polar surface area (TPSA) is 175 Å². The molecule has 4 bridgehead atoms. The zero-order valence-corrected chi connectivity index (χ0v) is 36.7. The van der Waals surface area contributed by atoms with Gasteiger partial charge >= 0.3 is 6.09 Å². The Labute approximate surface area is 362 Å². The fraction of sp³-hybridized carbons (Fsp3) is 0.489. The fourth-order valence-corrected chi connectivity index (χ4v) is 10.9. The number of H-pyrrole nitrogens is 2. The highest BCUT2D eigenvalue weighted by atomic mass is 16.5. The quantitative estimate of drug-likeness (QED) is 0.0929. The molecular formula is C47H58N10O5. The molecule has 4 fully saturated rings. The number of nitrogens with one attached hydrogen (secondary N) is 4. The minimum atomic E-state index is -0.704. The van der Waals surface area contributed by atoms with E-state index < -0.39 is 29.3 Å². The summed E-state index contributed by atoms with van der Waals surface area (Å²) in [4.78, 5) is 66.7. The first-order valence-corrected chi connectivity index (χ1v) is 21.9. The van der Waals surface area contributed by atoms with Crippen LogP contribution in [0.25, 0.3) is 44.7 Å². The number of aryl methyl sites for hydroxylation is 1. The van der Waals surface area contributed by atoms with E-state index in [4.69, 9.17) is 24.4 Å². The maximum absolute atomic E-state index is 14.1. The van der Waals surface area contributed by atoms with Crippen LogP contribution >= 0.6 is 0 Å². The number of piperidine rings is 2. The Morgan fingerprint density at radius 2 is 1.29 bits per heavy atom. The Kier molecular flexibility index (Phi) is 10.4. The summed E-state index contributed by atoms with van der Waals surface area (Å²) >= 11 is 0. The molecule has 9 rings (SSSR count). The van der Waals surface area contributed by atoms with E-state index in [1.54, 1.807) is 7.11 Å². The number of ether oxygens (including phenoxy) is 2. The van der Waals surface area contributed by atoms with Crippen LogP contribution in [0.3, 0.4) is 0 Å². The smallest absolute Gasteiger partial charge is 0.407 e. The molecule has 4 N–H and O–H groups in total. The lowest BCUT2D eigenvalue weighted by Gasteiger charge is -2.40. The van der Waals surface area contributed by atoms with Gasteiger partial charge in [-0.15, -0.1) is 0 Å². The van der Waals surface area contributed by atoms with Crippen molar-refractivity contribution in [3.05, 3.63) is 79.2 Å². The van der Waals surface area contributed by atoms with E-state index in [2.05, 4.69) is 63.6 Å². The predicted molar refractivity (Wildman–Crippen MR) is 235 cm³/mol. The van der Waals surface area contributed by atoms with Gasteiger partial charge in [0, 0.05) is 49.2 Å². The lowest BCUT2D eigenvalue weighted by molar-refractivity contribution is -0.141. The molecule has 5 heterocycles. The summed E-state index contributed by atoms with van der Waals surface area (Å²) in [5.41, 5.74) is 6.31. The standard InChI is InChI=1S/C47H58N10O5/c1-26(2)37(51-28(5)61-7)41(58)56-23-29-15-17-46(56,19-29)43-48-21-35(52-43)32-11-9-31(10-12-32)33-13-14-34(40-39(33)50-25-55(40)6)36-22-49-44(53-36)47-18-16-30(20-47)24-57(47)42(59)38(27(3)4)54-45(60)62-8/h9-14,21-22,25-27,29-30,37-38,51H,5,15-20,23-24H2,1-4,6-8H3,(H,48,52)(H,49,53)(H,54,60)/t29-,30-,37+,38+,46+,47+/m1/s1. The van der Waals surface area contributed by atoms with Crippen molar-refractivity contribution in [1.82, 2.24) is 49.9 Å². The minimum absolute atomic E-state index is 0.0437. The second-order valence-corrected chi connectivity index (χ2v) is 18.6. The van der Waals surface area contributed by atoms with Crippen LogP contribution in [0.4, 0.5) is 4.79 Å². The summed E-state index contributed by atoms with van der Waals surface area (Å²) in [6, 6.07) is 11.4. The molecule has 0 radical (unpaired) electrons. The van der Waals surface area contributed by atoms with Crippen LogP contribution in [0.1, 0.15) is 77.9 Å². The molecule has 15 nitrogen and oxygen atoms in total. The first-order valence-electron chi connectivity index (χ1n) is 21.9. The van der Waals surface area contributed by atoms with Crippen LogP contribution in [-0.4, -0.2) is 96.6 Å². The lowest BCUT2D eigenvalue weighted by Crippen LogP contribution is -2.56. The molecule has 0 unspecified atom stereocenters. The zero-order valence-electron chi connectivity index (χ0n) is 36.7. The van der Waals surface area contributed by atoms with Gasteiger partial charge in [0.2, 0.25) is 11.8 Å². The molecule has 2 saturated heterocycles. The van der Waals surface area contributed by atoms with E-state index in [9.17, 15) is 14.4 Å². The van der Waals surface area contributed by atoms with Gasteiger partial charge in [0.1, 0.15) is 34.8 Å². The van der Waals surface area contributed by atoms with Crippen molar-refractivity contribution < 1.29 is 23.9 Å². The number of aromatic amines is 2. The number of hydrogen-bond donors (Lipinski definition) is 4. The number of carbonyl (C=O) groups excluding carboxylic acids is 3. The first-order chi connectivity index (χ1) is 29.8. The number of benzene rings is 2. The van der Waals surface area contributed by atoms with Crippen molar-refractivity contribution in [1.29, 1.82) is 0 Å². The maximum Gasteiger partial charge on any atom is 0.407 e. The lowest BCUT2D eigenvalue weighted by atomic mass is 9.93. The monoisotopic (exact) mass is 842 g/mol. The van der Waals surface area contributed by atoms with E-state index in [0.717, 1.165) is 94.8 Å². The molecular weight excluding hydrogens is 785 g/mol. The second kappa shape index (κ2) is 15.7. The highest BCUT2D eigenvalue weighted by molar-refractivity contribution is 6.00. The molecule has 2 aliphatic carbocycles. The van der Waals surface area contributed by atoms with Gasteiger partial charge in [-0.3, -0.25) is 9.59 Å². The molecule has 6 atom stereocenters. The van der Waals surface area contributed by atoms with Gasteiger partial charge in [0.25, 0.3) is 0 Å². The van der Waals surface area contributed by atoms with Gasteiger partial charge in [-0.1, -0.05) is 58.0 Å². The van der Waals surface area contributed by atoms with E-state index in [1.165, 1.54) is 7.11 Å². The van der Waals surface area contributed by atoms with Crippen molar-refractivity contribution in [2.24, 2.45) is 30.7 Å². The highest BCUT2D eigenvalue weighted by Gasteiger charge is 2.58. The van der Waals surface area contributed by atoms with E-state index >= 15 is 0 Å². The number of methoxy groups -OCH3 is 2. The molecule has 0 spiro atoms. The van der Waals surface area contributed by atoms with Crippen LogP contribution in [0.2, 0.25) is 0 Å². The summed E-state index contributed by atoms with van der Waals surface area (Å²) in [5, 5.41) is 5.98. The molecule has 326 valence electrons.